The van der Waals surface area contributed by atoms with Gasteiger partial charge in [-0.1, -0.05) is 24.6 Å². The summed E-state index contributed by atoms with van der Waals surface area (Å²) in [4.78, 5) is 23.7. The summed E-state index contributed by atoms with van der Waals surface area (Å²) in [5, 5.41) is 11.0. The third kappa shape index (κ3) is 4.10. The normalized spacial score (nSPS) is 11.8. The molecular weight excluding hydrogens is 275 g/mol. The minimum Gasteiger partial charge on any atom is -0.481 e. The summed E-state index contributed by atoms with van der Waals surface area (Å²) in [6, 6.07) is 3.49. The van der Waals surface area contributed by atoms with E-state index in [1.807, 2.05) is 0 Å². The van der Waals surface area contributed by atoms with Crippen molar-refractivity contribution in [2.24, 2.45) is 5.92 Å². The number of nitrogens with zero attached hydrogens (tertiary/aromatic N) is 1. The first-order valence-electron chi connectivity index (χ1n) is 5.52. The summed E-state index contributed by atoms with van der Waals surface area (Å²) in [5.41, 5.74) is 0.140. The zero-order chi connectivity index (χ0) is 14.6. The number of hydrogen-bond donors (Lipinski definition) is 2. The molecule has 0 aliphatic carbocycles. The van der Waals surface area contributed by atoms with Crippen LogP contribution < -0.4 is 5.32 Å². The minimum absolute atomic E-state index is 0.0358. The maximum atomic E-state index is 13.2. The highest BCUT2D eigenvalue weighted by atomic mass is 35.5. The Balaban J connectivity index is 2.69. The van der Waals surface area contributed by atoms with Gasteiger partial charge in [0.25, 0.3) is 0 Å². The molecule has 1 unspecified atom stereocenters. The molecule has 1 aromatic rings. The average molecular weight is 289 g/mol. The lowest BCUT2D eigenvalue weighted by molar-refractivity contribution is -0.141. The Kier molecular flexibility index (Phi) is 5.11. The van der Waals surface area contributed by atoms with Gasteiger partial charge in [-0.25, -0.2) is 9.18 Å². The van der Waals surface area contributed by atoms with Gasteiger partial charge in [-0.05, 0) is 12.1 Å². The molecular formula is C12H14ClFN2O3. The Labute approximate surface area is 115 Å². The number of urea groups is 1. The largest absolute Gasteiger partial charge is 0.481 e. The molecule has 1 aromatic carbocycles. The van der Waals surface area contributed by atoms with Gasteiger partial charge in [-0.15, -0.1) is 0 Å². The standard InChI is InChI=1S/C12H14ClFN2O3/c1-7(11(17)18)6-16(2)12(19)15-9-5-3-4-8(14)10(9)13/h3-5,7H,6H2,1-2H3,(H,15,19)(H,17,18). The predicted molar refractivity (Wildman–Crippen MR) is 69.9 cm³/mol. The fourth-order valence-corrected chi connectivity index (χ4v) is 1.56. The number of carboxylic acids is 1. The van der Waals surface area contributed by atoms with Crippen molar-refractivity contribution in [1.29, 1.82) is 0 Å². The second-order valence-corrected chi connectivity index (χ2v) is 4.53. The van der Waals surface area contributed by atoms with Gasteiger partial charge >= 0.3 is 12.0 Å². The molecule has 0 spiro atoms. The first-order chi connectivity index (χ1) is 8.82. The van der Waals surface area contributed by atoms with Crippen LogP contribution in [-0.4, -0.2) is 35.6 Å². The summed E-state index contributed by atoms with van der Waals surface area (Å²) in [6.07, 6.45) is 0. The summed E-state index contributed by atoms with van der Waals surface area (Å²) in [7, 11) is 1.45. The molecule has 0 fully saturated rings. The Bertz CT molecular complexity index is 496. The van der Waals surface area contributed by atoms with Crippen LogP contribution in [0.15, 0.2) is 18.2 Å². The Morgan fingerprint density at radius 3 is 2.74 bits per heavy atom. The van der Waals surface area contributed by atoms with Crippen LogP contribution in [0.25, 0.3) is 0 Å². The molecule has 19 heavy (non-hydrogen) atoms. The van der Waals surface area contributed by atoms with Crippen molar-refractivity contribution >= 4 is 29.3 Å². The average Bonchev–Trinajstić information content (AvgIpc) is 2.34. The van der Waals surface area contributed by atoms with Crippen LogP contribution in [0.3, 0.4) is 0 Å². The summed E-state index contributed by atoms with van der Waals surface area (Å²) < 4.78 is 13.2. The van der Waals surface area contributed by atoms with E-state index in [9.17, 15) is 14.0 Å². The lowest BCUT2D eigenvalue weighted by atomic mass is 10.2. The molecule has 0 radical (unpaired) electrons. The number of amides is 2. The maximum Gasteiger partial charge on any atom is 0.321 e. The molecule has 0 aliphatic rings. The van der Waals surface area contributed by atoms with E-state index in [0.29, 0.717) is 0 Å². The highest BCUT2D eigenvalue weighted by molar-refractivity contribution is 6.33. The van der Waals surface area contributed by atoms with Crippen LogP contribution in [0.4, 0.5) is 14.9 Å². The molecule has 0 saturated carbocycles. The molecule has 7 heteroatoms. The van der Waals surface area contributed by atoms with E-state index in [4.69, 9.17) is 16.7 Å². The number of rotatable bonds is 4. The first kappa shape index (κ1) is 15.2. The van der Waals surface area contributed by atoms with Gasteiger partial charge in [0.2, 0.25) is 0 Å². The molecule has 2 amide bonds. The molecule has 0 saturated heterocycles. The molecule has 0 heterocycles. The third-order valence-corrected chi connectivity index (χ3v) is 2.89. The maximum absolute atomic E-state index is 13.2. The van der Waals surface area contributed by atoms with Crippen LogP contribution >= 0.6 is 11.6 Å². The molecule has 0 bridgehead atoms. The zero-order valence-electron chi connectivity index (χ0n) is 10.5. The van der Waals surface area contributed by atoms with Crippen molar-refractivity contribution in [2.45, 2.75) is 6.92 Å². The number of carbonyl (C=O) groups excluding carboxylic acids is 1. The fourth-order valence-electron chi connectivity index (χ4n) is 1.38. The van der Waals surface area contributed by atoms with Crippen LogP contribution in [0.2, 0.25) is 5.02 Å². The van der Waals surface area contributed by atoms with Crippen molar-refractivity contribution in [3.63, 3.8) is 0 Å². The van der Waals surface area contributed by atoms with Crippen LogP contribution in [0.5, 0.6) is 0 Å². The Hall–Kier alpha value is -1.82. The van der Waals surface area contributed by atoms with Gasteiger partial charge in [0, 0.05) is 13.6 Å². The van der Waals surface area contributed by atoms with E-state index < -0.39 is 23.7 Å². The van der Waals surface area contributed by atoms with Crippen molar-refractivity contribution in [3.05, 3.63) is 29.0 Å². The van der Waals surface area contributed by atoms with Gasteiger partial charge < -0.3 is 15.3 Å². The molecule has 2 N–H and O–H groups in total. The number of carboxylic acid groups (broad SMARTS) is 1. The second-order valence-electron chi connectivity index (χ2n) is 4.15. The number of benzene rings is 1. The van der Waals surface area contributed by atoms with Gasteiger partial charge in [0.1, 0.15) is 5.82 Å². The number of nitrogens with one attached hydrogen (secondary N) is 1. The second kappa shape index (κ2) is 6.38. The summed E-state index contributed by atoms with van der Waals surface area (Å²) in [5.74, 6) is -2.33. The lowest BCUT2D eigenvalue weighted by Crippen LogP contribution is -2.36. The Morgan fingerprint density at radius 2 is 2.16 bits per heavy atom. The lowest BCUT2D eigenvalue weighted by Gasteiger charge is -2.20. The van der Waals surface area contributed by atoms with Crippen LogP contribution in [-0.2, 0) is 4.79 Å². The van der Waals surface area contributed by atoms with Gasteiger partial charge in [-0.2, -0.15) is 0 Å². The van der Waals surface area contributed by atoms with Crippen LogP contribution in [0, 0.1) is 11.7 Å². The molecule has 5 nitrogen and oxygen atoms in total. The highest BCUT2D eigenvalue weighted by Crippen LogP contribution is 2.24. The van der Waals surface area contributed by atoms with Gasteiger partial charge in [-0.3, -0.25) is 4.79 Å². The van der Waals surface area contributed by atoms with E-state index in [1.54, 1.807) is 0 Å². The number of halogens is 2. The van der Waals surface area contributed by atoms with E-state index in [2.05, 4.69) is 5.32 Å². The van der Waals surface area contributed by atoms with Crippen molar-refractivity contribution in [2.75, 3.05) is 18.9 Å². The third-order valence-electron chi connectivity index (χ3n) is 2.51. The monoisotopic (exact) mass is 288 g/mol. The highest BCUT2D eigenvalue weighted by Gasteiger charge is 2.18. The van der Waals surface area contributed by atoms with E-state index in [0.717, 1.165) is 0 Å². The first-order valence-corrected chi connectivity index (χ1v) is 5.89. The van der Waals surface area contributed by atoms with Crippen molar-refractivity contribution in [3.8, 4) is 0 Å². The van der Waals surface area contributed by atoms with Crippen molar-refractivity contribution < 1.29 is 19.1 Å². The Morgan fingerprint density at radius 1 is 1.53 bits per heavy atom. The van der Waals surface area contributed by atoms with Crippen LogP contribution in [0.1, 0.15) is 6.92 Å². The van der Waals surface area contributed by atoms with Gasteiger partial charge in [0.15, 0.2) is 0 Å². The number of hydrogen-bond acceptors (Lipinski definition) is 2. The summed E-state index contributed by atoms with van der Waals surface area (Å²) >= 11 is 5.70. The topological polar surface area (TPSA) is 69.6 Å². The number of aliphatic carboxylic acids is 1. The SMILES string of the molecule is CC(CN(C)C(=O)Nc1cccc(F)c1Cl)C(=O)O. The molecule has 0 aliphatic heterocycles. The number of anilines is 1. The predicted octanol–water partition coefficient (Wildman–Crippen LogP) is 2.66. The van der Waals surface area contributed by atoms with Crippen molar-refractivity contribution in [1.82, 2.24) is 4.90 Å². The molecule has 1 atom stereocenters. The van der Waals surface area contributed by atoms with E-state index in [1.165, 1.54) is 37.1 Å². The molecule has 0 aromatic heterocycles. The number of carbonyl (C=O) groups is 2. The minimum atomic E-state index is -0.997. The quantitative estimate of drug-likeness (QED) is 0.895. The molecule has 104 valence electrons. The molecule has 1 rings (SSSR count). The van der Waals surface area contributed by atoms with Gasteiger partial charge in [0.05, 0.1) is 16.6 Å². The smallest absolute Gasteiger partial charge is 0.321 e. The summed E-state index contributed by atoms with van der Waals surface area (Å²) in [6.45, 7) is 1.52. The fraction of sp³-hybridized carbons (Fsp3) is 0.333. The zero-order valence-corrected chi connectivity index (χ0v) is 11.2. The van der Waals surface area contributed by atoms with E-state index >= 15 is 0 Å². The van der Waals surface area contributed by atoms with E-state index in [-0.39, 0.29) is 17.3 Å².